The average Bonchev–Trinajstić information content (AvgIpc) is 3.55. The first-order valence-corrected chi connectivity index (χ1v) is 13.7. The molecule has 3 heteroatoms. The molecule has 0 aliphatic heterocycles. The quantitative estimate of drug-likeness (QED) is 0.170. The highest BCUT2D eigenvalue weighted by Gasteiger charge is 2.36. The zero-order valence-corrected chi connectivity index (χ0v) is 21.8. The molecular formula is C37H26N2O. The third-order valence-electron chi connectivity index (χ3n) is 8.41. The SMILES string of the molecule is O=Cc1ccc2c(c1)c1ccccc1n2C1(n2c3ccccc3c3ccccc32)C=CC(c2ccccc2)C=C1. The predicted octanol–water partition coefficient (Wildman–Crippen LogP) is 8.83. The van der Waals surface area contributed by atoms with E-state index < -0.39 is 5.66 Å². The third-order valence-corrected chi connectivity index (χ3v) is 8.41. The molecular weight excluding hydrogens is 488 g/mol. The summed E-state index contributed by atoms with van der Waals surface area (Å²) in [5.74, 6) is 0.178. The normalized spacial score (nSPS) is 18.8. The van der Waals surface area contributed by atoms with Crippen molar-refractivity contribution in [3.8, 4) is 0 Å². The van der Waals surface area contributed by atoms with Gasteiger partial charge in [0.15, 0.2) is 5.66 Å². The Bertz CT molecular complexity index is 2070. The van der Waals surface area contributed by atoms with Crippen LogP contribution in [0.2, 0.25) is 0 Å². The molecule has 0 radical (unpaired) electrons. The molecule has 2 aromatic heterocycles. The topological polar surface area (TPSA) is 26.9 Å². The van der Waals surface area contributed by atoms with Gasteiger partial charge in [-0.3, -0.25) is 4.79 Å². The van der Waals surface area contributed by atoms with Crippen molar-refractivity contribution in [1.82, 2.24) is 9.13 Å². The highest BCUT2D eigenvalue weighted by molar-refractivity contribution is 6.11. The number of hydrogen-bond donors (Lipinski definition) is 0. The zero-order valence-electron chi connectivity index (χ0n) is 21.8. The number of rotatable bonds is 4. The second-order valence-corrected chi connectivity index (χ2v) is 10.6. The third kappa shape index (κ3) is 3.15. The van der Waals surface area contributed by atoms with E-state index in [1.165, 1.54) is 27.4 Å². The second kappa shape index (κ2) is 8.69. The monoisotopic (exact) mass is 514 g/mol. The first-order chi connectivity index (χ1) is 19.8. The minimum atomic E-state index is -0.669. The van der Waals surface area contributed by atoms with Crippen LogP contribution in [0.1, 0.15) is 21.8 Å². The van der Waals surface area contributed by atoms with Gasteiger partial charge >= 0.3 is 0 Å². The summed E-state index contributed by atoms with van der Waals surface area (Å²) in [4.78, 5) is 11.8. The lowest BCUT2D eigenvalue weighted by molar-refractivity contribution is 0.112. The van der Waals surface area contributed by atoms with Crippen LogP contribution in [0.25, 0.3) is 43.6 Å². The molecule has 0 N–H and O–H groups in total. The van der Waals surface area contributed by atoms with Crippen molar-refractivity contribution in [2.75, 3.05) is 0 Å². The summed E-state index contributed by atoms with van der Waals surface area (Å²) < 4.78 is 4.92. The number of fused-ring (bicyclic) bond motifs is 6. The molecule has 3 nitrogen and oxygen atoms in total. The lowest BCUT2D eigenvalue weighted by atomic mass is 9.90. The molecule has 1 aliphatic carbocycles. The Balaban J connectivity index is 1.52. The first kappa shape index (κ1) is 22.8. The molecule has 0 bridgehead atoms. The van der Waals surface area contributed by atoms with Crippen LogP contribution in [0, 0.1) is 0 Å². The van der Waals surface area contributed by atoms with Crippen molar-refractivity contribution >= 4 is 49.9 Å². The number of nitrogens with zero attached hydrogens (tertiary/aromatic N) is 2. The van der Waals surface area contributed by atoms with E-state index in [4.69, 9.17) is 0 Å². The summed E-state index contributed by atoms with van der Waals surface area (Å²) in [5, 5.41) is 4.67. The molecule has 0 amide bonds. The lowest BCUT2D eigenvalue weighted by Crippen LogP contribution is -2.38. The Morgan fingerprint density at radius 2 is 1.00 bits per heavy atom. The van der Waals surface area contributed by atoms with Gasteiger partial charge in [0.1, 0.15) is 6.29 Å². The van der Waals surface area contributed by atoms with Gasteiger partial charge in [0, 0.05) is 33.0 Å². The molecule has 5 aromatic carbocycles. The van der Waals surface area contributed by atoms with Crippen molar-refractivity contribution in [3.05, 3.63) is 157 Å². The molecule has 0 atom stereocenters. The Morgan fingerprint density at radius 3 is 1.55 bits per heavy atom. The van der Waals surface area contributed by atoms with Crippen LogP contribution in [-0.2, 0) is 5.66 Å². The molecule has 0 spiro atoms. The summed E-state index contributed by atoms with van der Waals surface area (Å²) in [6.07, 6.45) is 10.3. The maximum absolute atomic E-state index is 11.8. The van der Waals surface area contributed by atoms with E-state index in [2.05, 4.69) is 143 Å². The van der Waals surface area contributed by atoms with Crippen LogP contribution in [-0.4, -0.2) is 15.4 Å². The van der Waals surface area contributed by atoms with Crippen molar-refractivity contribution < 1.29 is 4.79 Å². The van der Waals surface area contributed by atoms with Crippen LogP contribution in [0.15, 0.2) is 146 Å². The van der Waals surface area contributed by atoms with E-state index in [0.29, 0.717) is 5.56 Å². The minimum Gasteiger partial charge on any atom is -0.309 e. The molecule has 0 unspecified atom stereocenters. The Kier molecular flexibility index (Phi) is 4.95. The van der Waals surface area contributed by atoms with Gasteiger partial charge in [0.05, 0.1) is 22.1 Å². The van der Waals surface area contributed by atoms with E-state index in [0.717, 1.165) is 28.1 Å². The smallest absolute Gasteiger partial charge is 0.160 e. The zero-order chi connectivity index (χ0) is 26.7. The highest BCUT2D eigenvalue weighted by Crippen LogP contribution is 2.44. The van der Waals surface area contributed by atoms with Gasteiger partial charge in [-0.2, -0.15) is 0 Å². The van der Waals surface area contributed by atoms with E-state index in [9.17, 15) is 4.79 Å². The van der Waals surface area contributed by atoms with Crippen LogP contribution in [0.4, 0.5) is 0 Å². The molecule has 190 valence electrons. The number of carbonyl (C=O) groups excluding carboxylic acids is 1. The molecule has 1 aliphatic rings. The summed E-state index contributed by atoms with van der Waals surface area (Å²) in [6, 6.07) is 42.6. The number of benzene rings is 5. The number of para-hydroxylation sites is 3. The van der Waals surface area contributed by atoms with Crippen molar-refractivity contribution in [2.24, 2.45) is 0 Å². The molecule has 8 rings (SSSR count). The van der Waals surface area contributed by atoms with Crippen LogP contribution >= 0.6 is 0 Å². The van der Waals surface area contributed by atoms with Crippen molar-refractivity contribution in [3.63, 3.8) is 0 Å². The number of allylic oxidation sites excluding steroid dienone is 4. The minimum absolute atomic E-state index is 0.178. The Morgan fingerprint density at radius 1 is 0.525 bits per heavy atom. The van der Waals surface area contributed by atoms with Crippen molar-refractivity contribution in [1.29, 1.82) is 0 Å². The number of carbonyl (C=O) groups is 1. The van der Waals surface area contributed by atoms with E-state index in [1.807, 2.05) is 12.1 Å². The number of aldehydes is 1. The van der Waals surface area contributed by atoms with E-state index in [-0.39, 0.29) is 5.92 Å². The Labute approximate surface area is 231 Å². The molecule has 0 saturated heterocycles. The standard InChI is InChI=1S/C37H26N2O/c40-25-26-18-19-36-32(24-26)31-14-6-9-17-35(31)39(36)37(22-20-28(21-23-37)27-10-2-1-3-11-27)38-33-15-7-4-12-29(33)30-13-5-8-16-34(30)38/h1-25,28H. The largest absolute Gasteiger partial charge is 0.309 e. The number of aromatic nitrogens is 2. The number of hydrogen-bond acceptors (Lipinski definition) is 1. The summed E-state index contributed by atoms with van der Waals surface area (Å²) in [5.41, 5.74) is 5.83. The summed E-state index contributed by atoms with van der Waals surface area (Å²) >= 11 is 0. The lowest BCUT2D eigenvalue weighted by Gasteiger charge is -2.37. The fourth-order valence-corrected chi connectivity index (χ4v) is 6.66. The van der Waals surface area contributed by atoms with Gasteiger partial charge in [-0.05, 0) is 54.1 Å². The van der Waals surface area contributed by atoms with E-state index >= 15 is 0 Å². The maximum Gasteiger partial charge on any atom is 0.160 e. The van der Waals surface area contributed by atoms with Crippen LogP contribution < -0.4 is 0 Å². The highest BCUT2D eigenvalue weighted by atomic mass is 16.1. The molecule has 0 saturated carbocycles. The second-order valence-electron chi connectivity index (χ2n) is 10.6. The molecule has 40 heavy (non-hydrogen) atoms. The van der Waals surface area contributed by atoms with Gasteiger partial charge in [-0.1, -0.05) is 97.1 Å². The van der Waals surface area contributed by atoms with Crippen molar-refractivity contribution in [2.45, 2.75) is 11.6 Å². The van der Waals surface area contributed by atoms with Crippen LogP contribution in [0.5, 0.6) is 0 Å². The fraction of sp³-hybridized carbons (Fsp3) is 0.0541. The summed E-state index contributed by atoms with van der Waals surface area (Å²) in [7, 11) is 0. The predicted molar refractivity (Wildman–Crippen MR) is 165 cm³/mol. The van der Waals surface area contributed by atoms with Gasteiger partial charge < -0.3 is 9.13 Å². The molecule has 0 fully saturated rings. The summed E-state index contributed by atoms with van der Waals surface area (Å²) in [6.45, 7) is 0. The Hall–Kier alpha value is -5.15. The van der Waals surface area contributed by atoms with Gasteiger partial charge in [-0.25, -0.2) is 0 Å². The van der Waals surface area contributed by atoms with Gasteiger partial charge in [0.25, 0.3) is 0 Å². The fourth-order valence-electron chi connectivity index (χ4n) is 6.66. The molecule has 2 heterocycles. The van der Waals surface area contributed by atoms with Gasteiger partial charge in [0.2, 0.25) is 0 Å². The molecule has 7 aromatic rings. The average molecular weight is 515 g/mol. The van der Waals surface area contributed by atoms with Crippen LogP contribution in [0.3, 0.4) is 0 Å². The maximum atomic E-state index is 11.8. The van der Waals surface area contributed by atoms with E-state index in [1.54, 1.807) is 0 Å². The van der Waals surface area contributed by atoms with Gasteiger partial charge in [-0.15, -0.1) is 0 Å². The first-order valence-electron chi connectivity index (χ1n) is 13.7.